The Labute approximate surface area is 174 Å². The van der Waals surface area contributed by atoms with Gasteiger partial charge in [-0.25, -0.2) is 4.79 Å². The highest BCUT2D eigenvalue weighted by atomic mass is 16.6. The van der Waals surface area contributed by atoms with Gasteiger partial charge < -0.3 is 19.9 Å². The lowest BCUT2D eigenvalue weighted by Gasteiger charge is -2.37. The molecule has 1 fully saturated rings. The number of ether oxygens (including phenoxy) is 1. The number of carbonyl (C=O) groups excluding carboxylic acids is 1. The molecule has 0 bridgehead atoms. The van der Waals surface area contributed by atoms with Gasteiger partial charge in [0.1, 0.15) is 5.60 Å². The molecule has 5 heteroatoms. The van der Waals surface area contributed by atoms with Crippen LogP contribution in [-0.4, -0.2) is 49.3 Å². The monoisotopic (exact) mass is 395 g/mol. The molecule has 0 aromatic heterocycles. The van der Waals surface area contributed by atoms with Crippen LogP contribution in [0.5, 0.6) is 0 Å². The SMILES string of the molecule is CC(C)(C)OC(=O)N1CCN(c2ccccc2CNCCc2ccccc2)CC1. The van der Waals surface area contributed by atoms with Crippen LogP contribution in [0.1, 0.15) is 31.9 Å². The molecule has 0 radical (unpaired) electrons. The second-order valence-electron chi connectivity index (χ2n) is 8.50. The summed E-state index contributed by atoms with van der Waals surface area (Å²) in [5.74, 6) is 0. The first-order valence-corrected chi connectivity index (χ1v) is 10.5. The predicted octanol–water partition coefficient (Wildman–Crippen LogP) is 4.08. The van der Waals surface area contributed by atoms with Crippen LogP contribution in [0.3, 0.4) is 0 Å². The van der Waals surface area contributed by atoms with Crippen LogP contribution in [0.25, 0.3) is 0 Å². The third-order valence-corrected chi connectivity index (χ3v) is 5.01. The number of benzene rings is 2. The zero-order chi connectivity index (χ0) is 20.7. The second kappa shape index (κ2) is 9.79. The number of piperazine rings is 1. The Kier molecular flexibility index (Phi) is 7.15. The standard InChI is InChI=1S/C24H33N3O2/c1-24(2,3)29-23(28)27-17-15-26(16-18-27)22-12-8-7-11-21(22)19-25-14-13-20-9-5-4-6-10-20/h4-12,25H,13-19H2,1-3H3. The van der Waals surface area contributed by atoms with Crippen molar-refractivity contribution in [2.24, 2.45) is 0 Å². The van der Waals surface area contributed by atoms with E-state index in [-0.39, 0.29) is 6.09 Å². The van der Waals surface area contributed by atoms with Crippen molar-refractivity contribution in [2.75, 3.05) is 37.6 Å². The van der Waals surface area contributed by atoms with E-state index < -0.39 is 5.60 Å². The number of rotatable bonds is 6. The summed E-state index contributed by atoms with van der Waals surface area (Å²) in [6, 6.07) is 19.1. The summed E-state index contributed by atoms with van der Waals surface area (Å²) < 4.78 is 5.50. The molecule has 29 heavy (non-hydrogen) atoms. The molecular formula is C24H33N3O2. The maximum atomic E-state index is 12.3. The third kappa shape index (κ3) is 6.50. The van der Waals surface area contributed by atoms with E-state index in [1.54, 1.807) is 0 Å². The first-order chi connectivity index (χ1) is 13.9. The van der Waals surface area contributed by atoms with Gasteiger partial charge in [-0.05, 0) is 50.9 Å². The predicted molar refractivity (Wildman–Crippen MR) is 118 cm³/mol. The summed E-state index contributed by atoms with van der Waals surface area (Å²) in [4.78, 5) is 16.5. The molecule has 0 saturated carbocycles. The van der Waals surface area contributed by atoms with Gasteiger partial charge in [0.2, 0.25) is 0 Å². The van der Waals surface area contributed by atoms with Gasteiger partial charge in [-0.2, -0.15) is 0 Å². The summed E-state index contributed by atoms with van der Waals surface area (Å²) in [7, 11) is 0. The van der Waals surface area contributed by atoms with Crippen LogP contribution in [-0.2, 0) is 17.7 Å². The number of hydrogen-bond donors (Lipinski definition) is 1. The number of para-hydroxylation sites is 1. The highest BCUT2D eigenvalue weighted by Crippen LogP contribution is 2.22. The van der Waals surface area contributed by atoms with Crippen LogP contribution < -0.4 is 10.2 Å². The summed E-state index contributed by atoms with van der Waals surface area (Å²) in [6.45, 7) is 10.5. The minimum Gasteiger partial charge on any atom is -0.444 e. The van der Waals surface area contributed by atoms with E-state index in [0.717, 1.165) is 32.6 Å². The van der Waals surface area contributed by atoms with E-state index in [4.69, 9.17) is 4.74 Å². The van der Waals surface area contributed by atoms with E-state index in [1.165, 1.54) is 16.8 Å². The van der Waals surface area contributed by atoms with Crippen LogP contribution in [0.2, 0.25) is 0 Å². The number of nitrogens with one attached hydrogen (secondary N) is 1. The van der Waals surface area contributed by atoms with Crippen LogP contribution >= 0.6 is 0 Å². The summed E-state index contributed by atoms with van der Waals surface area (Å²) in [5, 5.41) is 3.57. The van der Waals surface area contributed by atoms with Crippen LogP contribution in [0.4, 0.5) is 10.5 Å². The number of hydrogen-bond acceptors (Lipinski definition) is 4. The highest BCUT2D eigenvalue weighted by Gasteiger charge is 2.26. The summed E-state index contributed by atoms with van der Waals surface area (Å²) in [5.41, 5.74) is 3.45. The Bertz CT molecular complexity index is 778. The van der Waals surface area contributed by atoms with E-state index in [1.807, 2.05) is 25.7 Å². The number of anilines is 1. The van der Waals surface area contributed by atoms with Crippen molar-refractivity contribution in [3.63, 3.8) is 0 Å². The molecule has 1 aliphatic heterocycles. The average molecular weight is 396 g/mol. The minimum atomic E-state index is -0.452. The van der Waals surface area contributed by atoms with E-state index in [9.17, 15) is 4.79 Å². The van der Waals surface area contributed by atoms with Crippen molar-refractivity contribution >= 4 is 11.8 Å². The van der Waals surface area contributed by atoms with Gasteiger partial charge in [0, 0.05) is 38.4 Å². The molecule has 156 valence electrons. The molecule has 1 N–H and O–H groups in total. The van der Waals surface area contributed by atoms with Crippen molar-refractivity contribution in [3.05, 3.63) is 65.7 Å². The van der Waals surface area contributed by atoms with Gasteiger partial charge in [-0.15, -0.1) is 0 Å². The van der Waals surface area contributed by atoms with Gasteiger partial charge in [0.15, 0.2) is 0 Å². The highest BCUT2D eigenvalue weighted by molar-refractivity contribution is 5.68. The zero-order valence-corrected chi connectivity index (χ0v) is 17.9. The maximum absolute atomic E-state index is 12.3. The Balaban J connectivity index is 1.51. The Hall–Kier alpha value is -2.53. The van der Waals surface area contributed by atoms with Gasteiger partial charge >= 0.3 is 6.09 Å². The molecule has 1 saturated heterocycles. The maximum Gasteiger partial charge on any atom is 0.410 e. The van der Waals surface area contributed by atoms with Crippen molar-refractivity contribution in [2.45, 2.75) is 39.3 Å². The lowest BCUT2D eigenvalue weighted by Crippen LogP contribution is -2.50. The molecule has 5 nitrogen and oxygen atoms in total. The lowest BCUT2D eigenvalue weighted by molar-refractivity contribution is 0.0240. The Morgan fingerprint density at radius 1 is 0.966 bits per heavy atom. The number of nitrogens with zero attached hydrogens (tertiary/aromatic N) is 2. The topological polar surface area (TPSA) is 44.8 Å². The zero-order valence-electron chi connectivity index (χ0n) is 17.9. The average Bonchev–Trinajstić information content (AvgIpc) is 2.71. The van der Waals surface area contributed by atoms with Crippen molar-refractivity contribution in [3.8, 4) is 0 Å². The van der Waals surface area contributed by atoms with E-state index in [0.29, 0.717) is 13.1 Å². The smallest absolute Gasteiger partial charge is 0.410 e. The van der Waals surface area contributed by atoms with Crippen molar-refractivity contribution < 1.29 is 9.53 Å². The molecule has 0 aliphatic carbocycles. The summed E-state index contributed by atoms with van der Waals surface area (Å²) in [6.07, 6.45) is 0.811. The number of carbonyl (C=O) groups is 1. The van der Waals surface area contributed by atoms with Crippen LogP contribution in [0, 0.1) is 0 Å². The summed E-state index contributed by atoms with van der Waals surface area (Å²) >= 11 is 0. The molecule has 0 atom stereocenters. The second-order valence-corrected chi connectivity index (χ2v) is 8.50. The molecule has 0 spiro atoms. The van der Waals surface area contributed by atoms with Crippen molar-refractivity contribution in [1.29, 1.82) is 0 Å². The largest absolute Gasteiger partial charge is 0.444 e. The first-order valence-electron chi connectivity index (χ1n) is 10.5. The van der Waals surface area contributed by atoms with Gasteiger partial charge in [0.05, 0.1) is 0 Å². The van der Waals surface area contributed by atoms with Gasteiger partial charge in [-0.1, -0.05) is 48.5 Å². The molecular weight excluding hydrogens is 362 g/mol. The Morgan fingerprint density at radius 2 is 1.62 bits per heavy atom. The fraction of sp³-hybridized carbons (Fsp3) is 0.458. The van der Waals surface area contributed by atoms with E-state index in [2.05, 4.69) is 64.8 Å². The first kappa shape index (κ1) is 21.2. The van der Waals surface area contributed by atoms with Crippen LogP contribution in [0.15, 0.2) is 54.6 Å². The fourth-order valence-corrected chi connectivity index (χ4v) is 3.53. The molecule has 1 amide bonds. The molecule has 1 heterocycles. The number of amides is 1. The fourth-order valence-electron chi connectivity index (χ4n) is 3.53. The minimum absolute atomic E-state index is 0.215. The Morgan fingerprint density at radius 3 is 2.31 bits per heavy atom. The molecule has 2 aromatic carbocycles. The third-order valence-electron chi connectivity index (χ3n) is 5.01. The van der Waals surface area contributed by atoms with E-state index >= 15 is 0 Å². The lowest BCUT2D eigenvalue weighted by atomic mass is 10.1. The van der Waals surface area contributed by atoms with Gasteiger partial charge in [0.25, 0.3) is 0 Å². The molecule has 0 unspecified atom stereocenters. The molecule has 2 aromatic rings. The quantitative estimate of drug-likeness (QED) is 0.749. The normalized spacial score (nSPS) is 14.7. The van der Waals surface area contributed by atoms with Crippen molar-refractivity contribution in [1.82, 2.24) is 10.2 Å². The molecule has 3 rings (SSSR count). The molecule has 1 aliphatic rings. The van der Waals surface area contributed by atoms with Gasteiger partial charge in [-0.3, -0.25) is 0 Å².